The van der Waals surface area contributed by atoms with Crippen molar-refractivity contribution in [2.75, 3.05) is 11.9 Å². The number of carbonyl (C=O) groups excluding carboxylic acids is 3. The number of nitrogens with one attached hydrogen (secondary N) is 1. The van der Waals surface area contributed by atoms with Gasteiger partial charge in [0.15, 0.2) is 0 Å². The molecule has 8 heteroatoms. The van der Waals surface area contributed by atoms with Gasteiger partial charge in [-0.1, -0.05) is 43.2 Å². The van der Waals surface area contributed by atoms with Gasteiger partial charge in [0.2, 0.25) is 5.91 Å². The van der Waals surface area contributed by atoms with Crippen molar-refractivity contribution in [3.05, 3.63) is 81.8 Å². The third-order valence-corrected chi connectivity index (χ3v) is 7.34. The molecule has 0 saturated heterocycles. The molecule has 1 fully saturated rings. The molecule has 0 spiro atoms. The second kappa shape index (κ2) is 9.02. The van der Waals surface area contributed by atoms with E-state index in [9.17, 15) is 19.2 Å². The van der Waals surface area contributed by atoms with Gasteiger partial charge in [-0.05, 0) is 49.9 Å². The molecule has 8 nitrogen and oxygen atoms in total. The van der Waals surface area contributed by atoms with Gasteiger partial charge < -0.3 is 5.32 Å². The summed E-state index contributed by atoms with van der Waals surface area (Å²) in [5, 5.41) is 2.89. The number of rotatable bonds is 5. The van der Waals surface area contributed by atoms with Gasteiger partial charge >= 0.3 is 0 Å². The van der Waals surface area contributed by atoms with Gasteiger partial charge in [-0.2, -0.15) is 0 Å². The molecule has 3 aromatic rings. The molecule has 2 heterocycles. The summed E-state index contributed by atoms with van der Waals surface area (Å²) in [6.07, 6.45) is 3.22. The zero-order chi connectivity index (χ0) is 24.7. The molecule has 1 aliphatic carbocycles. The van der Waals surface area contributed by atoms with Crippen molar-refractivity contribution in [2.45, 2.75) is 32.6 Å². The van der Waals surface area contributed by atoms with Crippen molar-refractivity contribution in [1.29, 1.82) is 0 Å². The molecular formula is C27H28N4O4. The Hall–Kier alpha value is -3.94. The van der Waals surface area contributed by atoms with Crippen LogP contribution in [0.4, 0.5) is 5.69 Å². The first-order chi connectivity index (χ1) is 16.9. The van der Waals surface area contributed by atoms with Gasteiger partial charge in [0.25, 0.3) is 17.4 Å². The van der Waals surface area contributed by atoms with E-state index in [1.165, 1.54) is 9.58 Å². The molecule has 2 aliphatic rings. The summed E-state index contributed by atoms with van der Waals surface area (Å²) < 4.78 is 3.26. The molecule has 1 aliphatic heterocycles. The fraction of sp³-hybridized carbons (Fsp3) is 0.333. The summed E-state index contributed by atoms with van der Waals surface area (Å²) in [7, 11) is 1.78. The van der Waals surface area contributed by atoms with E-state index in [4.69, 9.17) is 0 Å². The second-order valence-electron chi connectivity index (χ2n) is 9.34. The van der Waals surface area contributed by atoms with Crippen molar-refractivity contribution in [2.24, 2.45) is 18.9 Å². The number of hydrogen-bond donors (Lipinski definition) is 1. The van der Waals surface area contributed by atoms with Crippen LogP contribution in [0.2, 0.25) is 0 Å². The lowest BCUT2D eigenvalue weighted by Gasteiger charge is -2.32. The lowest BCUT2D eigenvalue weighted by Crippen LogP contribution is -2.42. The number of aromatic nitrogens is 2. The van der Waals surface area contributed by atoms with Crippen molar-refractivity contribution >= 4 is 23.4 Å². The summed E-state index contributed by atoms with van der Waals surface area (Å²) in [5.74, 6) is -1.40. The molecule has 0 bridgehead atoms. The monoisotopic (exact) mass is 472 g/mol. The number of para-hydroxylation sites is 1. The fourth-order valence-electron chi connectivity index (χ4n) is 5.34. The van der Waals surface area contributed by atoms with Gasteiger partial charge in [-0.25, -0.2) is 4.68 Å². The largest absolute Gasteiger partial charge is 0.320 e. The van der Waals surface area contributed by atoms with Crippen LogP contribution < -0.4 is 10.9 Å². The highest BCUT2D eigenvalue weighted by atomic mass is 16.2. The molecule has 1 saturated carbocycles. The van der Waals surface area contributed by atoms with E-state index in [1.54, 1.807) is 42.9 Å². The Balaban J connectivity index is 1.37. The maximum atomic E-state index is 13.4. The summed E-state index contributed by atoms with van der Waals surface area (Å²) >= 11 is 0. The first kappa shape index (κ1) is 22.8. The van der Waals surface area contributed by atoms with Crippen LogP contribution in [0.1, 0.15) is 52.1 Å². The number of fused-ring (bicyclic) bond motifs is 1. The number of carbonyl (C=O) groups is 3. The van der Waals surface area contributed by atoms with E-state index in [1.807, 2.05) is 30.3 Å². The Morgan fingerprint density at radius 2 is 1.51 bits per heavy atom. The summed E-state index contributed by atoms with van der Waals surface area (Å²) in [6, 6.07) is 16.1. The summed E-state index contributed by atoms with van der Waals surface area (Å²) in [4.78, 5) is 53.7. The minimum absolute atomic E-state index is 0.161. The smallest absolute Gasteiger partial charge is 0.295 e. The number of amides is 3. The van der Waals surface area contributed by atoms with Crippen LogP contribution in [0.15, 0.2) is 59.4 Å². The predicted octanol–water partition coefficient (Wildman–Crippen LogP) is 3.53. The molecule has 1 N–H and O–H groups in total. The summed E-state index contributed by atoms with van der Waals surface area (Å²) in [6.45, 7) is 2.00. The zero-order valence-electron chi connectivity index (χ0n) is 19.9. The van der Waals surface area contributed by atoms with Crippen molar-refractivity contribution in [3.63, 3.8) is 0 Å². The molecule has 1 aromatic heterocycles. The number of anilines is 1. The normalized spacial score (nSPS) is 19.7. The number of hydrogen-bond acceptors (Lipinski definition) is 4. The van der Waals surface area contributed by atoms with Crippen molar-refractivity contribution < 1.29 is 14.4 Å². The summed E-state index contributed by atoms with van der Waals surface area (Å²) in [5.41, 5.74) is 2.15. The molecule has 35 heavy (non-hydrogen) atoms. The molecule has 0 radical (unpaired) electrons. The van der Waals surface area contributed by atoms with Crippen LogP contribution >= 0.6 is 0 Å². The van der Waals surface area contributed by atoms with Gasteiger partial charge in [0.1, 0.15) is 5.69 Å². The van der Waals surface area contributed by atoms with E-state index in [-0.39, 0.29) is 41.4 Å². The van der Waals surface area contributed by atoms with Crippen LogP contribution in [0.5, 0.6) is 0 Å². The minimum Gasteiger partial charge on any atom is -0.320 e. The maximum absolute atomic E-state index is 13.4. The Morgan fingerprint density at radius 3 is 2.17 bits per heavy atom. The van der Waals surface area contributed by atoms with E-state index >= 15 is 0 Å². The quantitative estimate of drug-likeness (QED) is 0.575. The third kappa shape index (κ3) is 3.88. The van der Waals surface area contributed by atoms with Gasteiger partial charge in [0, 0.05) is 19.5 Å². The van der Waals surface area contributed by atoms with Crippen LogP contribution in [0, 0.1) is 18.8 Å². The van der Waals surface area contributed by atoms with Gasteiger partial charge in [-0.15, -0.1) is 0 Å². The Morgan fingerprint density at radius 1 is 0.914 bits per heavy atom. The molecule has 180 valence electrons. The number of benzene rings is 2. The highest BCUT2D eigenvalue weighted by Gasteiger charge is 2.40. The first-order valence-corrected chi connectivity index (χ1v) is 12.0. The number of imide groups is 1. The lowest BCUT2D eigenvalue weighted by molar-refractivity contribution is -0.122. The van der Waals surface area contributed by atoms with Crippen LogP contribution in [0.3, 0.4) is 0 Å². The zero-order valence-corrected chi connectivity index (χ0v) is 19.9. The topological polar surface area (TPSA) is 93.4 Å². The molecule has 5 rings (SSSR count). The van der Waals surface area contributed by atoms with Crippen LogP contribution in [-0.2, 0) is 11.8 Å². The fourth-order valence-corrected chi connectivity index (χ4v) is 5.34. The van der Waals surface area contributed by atoms with E-state index < -0.39 is 5.92 Å². The highest BCUT2D eigenvalue weighted by molar-refractivity contribution is 6.21. The molecule has 2 aromatic carbocycles. The van der Waals surface area contributed by atoms with Gasteiger partial charge in [0.05, 0.1) is 22.5 Å². The van der Waals surface area contributed by atoms with Crippen LogP contribution in [-0.4, -0.2) is 38.5 Å². The molecule has 2 unspecified atom stereocenters. The Kier molecular flexibility index (Phi) is 5.88. The average molecular weight is 473 g/mol. The lowest BCUT2D eigenvalue weighted by atomic mass is 9.78. The SMILES string of the molecule is Cc1c(NC(=O)C2CCCCC2CN2C(=O)c3ccccc3C2=O)c(=O)n(-c2ccccc2)n1C. The standard InChI is InChI=1S/C27H28N4O4/c1-17-23(27(35)31(29(17)2)19-11-4-3-5-12-19)28-24(32)20-13-7-6-10-18(20)16-30-25(33)21-14-8-9-15-22(21)26(30)34/h3-5,8-9,11-12,14-15,18,20H,6-7,10,13,16H2,1-2H3,(H,28,32). The molecule has 2 atom stereocenters. The van der Waals surface area contributed by atoms with Crippen molar-refractivity contribution in [3.8, 4) is 5.69 Å². The minimum atomic E-state index is -0.391. The first-order valence-electron chi connectivity index (χ1n) is 12.0. The highest BCUT2D eigenvalue weighted by Crippen LogP contribution is 2.34. The maximum Gasteiger partial charge on any atom is 0.295 e. The van der Waals surface area contributed by atoms with E-state index in [2.05, 4.69) is 5.32 Å². The van der Waals surface area contributed by atoms with Gasteiger partial charge in [-0.3, -0.25) is 28.8 Å². The predicted molar refractivity (Wildman–Crippen MR) is 132 cm³/mol. The Labute approximate surface area is 203 Å². The molecule has 3 amide bonds. The average Bonchev–Trinajstić information content (AvgIpc) is 3.24. The third-order valence-electron chi connectivity index (χ3n) is 7.34. The molecular weight excluding hydrogens is 444 g/mol. The van der Waals surface area contributed by atoms with Crippen LogP contribution in [0.25, 0.3) is 5.69 Å². The second-order valence-corrected chi connectivity index (χ2v) is 9.34. The number of nitrogens with zero attached hydrogens (tertiary/aromatic N) is 3. The Bertz CT molecular complexity index is 1340. The van der Waals surface area contributed by atoms with Crippen molar-refractivity contribution in [1.82, 2.24) is 14.3 Å². The van der Waals surface area contributed by atoms with E-state index in [0.717, 1.165) is 19.3 Å². The van der Waals surface area contributed by atoms with E-state index in [0.29, 0.717) is 28.9 Å².